The van der Waals surface area contributed by atoms with E-state index >= 15 is 0 Å². The van der Waals surface area contributed by atoms with Crippen LogP contribution >= 0.6 is 11.6 Å². The zero-order chi connectivity index (χ0) is 14.5. The van der Waals surface area contributed by atoms with Crippen LogP contribution in [0.3, 0.4) is 0 Å². The lowest BCUT2D eigenvalue weighted by atomic mass is 10.2. The van der Waals surface area contributed by atoms with Gasteiger partial charge in [-0.05, 0) is 30.2 Å². The second-order valence-corrected chi connectivity index (χ2v) is 4.96. The summed E-state index contributed by atoms with van der Waals surface area (Å²) in [6, 6.07) is 7.88. The Morgan fingerprint density at radius 3 is 2.80 bits per heavy atom. The lowest BCUT2D eigenvalue weighted by Crippen LogP contribution is -2.18. The Morgan fingerprint density at radius 2 is 2.10 bits per heavy atom. The van der Waals surface area contributed by atoms with Crippen molar-refractivity contribution in [2.75, 3.05) is 5.32 Å². The number of hydrogen-bond donors (Lipinski definition) is 1. The van der Waals surface area contributed by atoms with E-state index in [0.29, 0.717) is 13.1 Å². The summed E-state index contributed by atoms with van der Waals surface area (Å²) in [5.74, 6) is -0.424. The van der Waals surface area contributed by atoms with Crippen molar-refractivity contribution >= 4 is 17.3 Å². The van der Waals surface area contributed by atoms with E-state index in [9.17, 15) is 9.18 Å². The third-order valence-corrected chi connectivity index (χ3v) is 3.22. The molecule has 2 aromatic rings. The Balaban J connectivity index is 2.08. The van der Waals surface area contributed by atoms with Crippen LogP contribution in [0.2, 0.25) is 5.02 Å². The van der Waals surface area contributed by atoms with Gasteiger partial charge in [0.15, 0.2) is 0 Å². The van der Waals surface area contributed by atoms with E-state index < -0.39 is 5.82 Å². The summed E-state index contributed by atoms with van der Waals surface area (Å²) in [7, 11) is 0. The van der Waals surface area contributed by atoms with Gasteiger partial charge in [-0.3, -0.25) is 4.79 Å². The highest BCUT2D eigenvalue weighted by Gasteiger charge is 2.02. The third-order valence-electron chi connectivity index (χ3n) is 2.93. The highest BCUT2D eigenvalue weighted by molar-refractivity contribution is 6.30. The standard InChI is InChI=1S/C15H16ClFN2O/c1-2-7-19-10-12(4-6-15(19)20)18-9-11-3-5-14(17)13(16)8-11/h3-6,8,10,18H,2,7,9H2,1H3. The first-order valence-electron chi connectivity index (χ1n) is 6.48. The topological polar surface area (TPSA) is 34.0 Å². The number of aromatic nitrogens is 1. The Hall–Kier alpha value is -1.81. The van der Waals surface area contributed by atoms with Gasteiger partial charge in [-0.1, -0.05) is 24.6 Å². The molecule has 0 saturated heterocycles. The molecule has 2 rings (SSSR count). The van der Waals surface area contributed by atoms with Gasteiger partial charge in [0.25, 0.3) is 5.56 Å². The number of benzene rings is 1. The maximum Gasteiger partial charge on any atom is 0.250 e. The molecule has 0 amide bonds. The molecule has 1 heterocycles. The van der Waals surface area contributed by atoms with Crippen molar-refractivity contribution in [3.63, 3.8) is 0 Å². The van der Waals surface area contributed by atoms with Gasteiger partial charge in [-0.25, -0.2) is 4.39 Å². The van der Waals surface area contributed by atoms with Gasteiger partial charge in [0.2, 0.25) is 0 Å². The Bertz CT molecular complexity index is 655. The van der Waals surface area contributed by atoms with Crippen LogP contribution in [0.1, 0.15) is 18.9 Å². The first-order chi connectivity index (χ1) is 9.60. The van der Waals surface area contributed by atoms with Crippen molar-refractivity contribution in [1.29, 1.82) is 0 Å². The molecule has 3 nitrogen and oxygen atoms in total. The number of nitrogens with zero attached hydrogens (tertiary/aromatic N) is 1. The average molecular weight is 295 g/mol. The van der Waals surface area contributed by atoms with Crippen LogP contribution in [0.5, 0.6) is 0 Å². The van der Waals surface area contributed by atoms with Gasteiger partial charge in [0.05, 0.1) is 10.7 Å². The highest BCUT2D eigenvalue weighted by atomic mass is 35.5. The summed E-state index contributed by atoms with van der Waals surface area (Å²) in [4.78, 5) is 11.6. The Morgan fingerprint density at radius 1 is 1.30 bits per heavy atom. The van der Waals surface area contributed by atoms with E-state index in [2.05, 4.69) is 5.32 Å². The molecule has 0 bridgehead atoms. The number of aryl methyl sites for hydroxylation is 1. The molecule has 1 N–H and O–H groups in total. The average Bonchev–Trinajstić information content (AvgIpc) is 2.43. The quantitative estimate of drug-likeness (QED) is 0.913. The first-order valence-corrected chi connectivity index (χ1v) is 6.86. The molecule has 1 aromatic carbocycles. The zero-order valence-corrected chi connectivity index (χ0v) is 12.0. The normalized spacial score (nSPS) is 10.6. The molecule has 20 heavy (non-hydrogen) atoms. The van der Waals surface area contributed by atoms with Gasteiger partial charge in [-0.2, -0.15) is 0 Å². The van der Waals surface area contributed by atoms with Crippen molar-refractivity contribution in [2.45, 2.75) is 26.4 Å². The maximum atomic E-state index is 13.1. The Labute approximate surface area is 122 Å². The summed E-state index contributed by atoms with van der Waals surface area (Å²) in [5.41, 5.74) is 1.71. The van der Waals surface area contributed by atoms with Gasteiger partial charge in [0, 0.05) is 25.4 Å². The predicted octanol–water partition coefficient (Wildman–Crippen LogP) is 3.66. The van der Waals surface area contributed by atoms with Gasteiger partial charge < -0.3 is 9.88 Å². The van der Waals surface area contributed by atoms with Crippen LogP contribution < -0.4 is 10.9 Å². The predicted molar refractivity (Wildman–Crippen MR) is 79.7 cm³/mol. The fraction of sp³-hybridized carbons (Fsp3) is 0.267. The maximum absolute atomic E-state index is 13.1. The molecule has 0 aliphatic heterocycles. The molecule has 0 saturated carbocycles. The minimum absolute atomic E-state index is 0.0118. The molecule has 0 aliphatic rings. The number of pyridine rings is 1. The largest absolute Gasteiger partial charge is 0.380 e. The van der Waals surface area contributed by atoms with E-state index in [1.807, 2.05) is 6.92 Å². The zero-order valence-electron chi connectivity index (χ0n) is 11.2. The summed E-state index contributed by atoms with van der Waals surface area (Å²) < 4.78 is 14.7. The van der Waals surface area contributed by atoms with Crippen LogP contribution in [0, 0.1) is 5.82 Å². The molecule has 0 aliphatic carbocycles. The summed E-state index contributed by atoms with van der Waals surface area (Å²) >= 11 is 5.73. The summed E-state index contributed by atoms with van der Waals surface area (Å²) in [6.45, 7) is 3.23. The SMILES string of the molecule is CCCn1cc(NCc2ccc(F)c(Cl)c2)ccc1=O. The molecular weight excluding hydrogens is 279 g/mol. The molecule has 5 heteroatoms. The smallest absolute Gasteiger partial charge is 0.250 e. The van der Waals surface area contributed by atoms with Gasteiger partial charge in [-0.15, -0.1) is 0 Å². The number of nitrogens with one attached hydrogen (secondary N) is 1. The van der Waals surface area contributed by atoms with Crippen LogP contribution in [0.15, 0.2) is 41.3 Å². The third kappa shape index (κ3) is 3.61. The van der Waals surface area contributed by atoms with Crippen LogP contribution in [0.4, 0.5) is 10.1 Å². The van der Waals surface area contributed by atoms with Crippen LogP contribution in [-0.4, -0.2) is 4.57 Å². The first kappa shape index (κ1) is 14.6. The summed E-state index contributed by atoms with van der Waals surface area (Å²) in [6.07, 6.45) is 2.69. The van der Waals surface area contributed by atoms with E-state index in [4.69, 9.17) is 11.6 Å². The second-order valence-electron chi connectivity index (χ2n) is 4.55. The lowest BCUT2D eigenvalue weighted by Gasteiger charge is -2.10. The molecule has 0 spiro atoms. The fourth-order valence-corrected chi connectivity index (χ4v) is 2.11. The van der Waals surface area contributed by atoms with Crippen LogP contribution in [-0.2, 0) is 13.1 Å². The molecule has 1 aromatic heterocycles. The summed E-state index contributed by atoms with van der Waals surface area (Å²) in [5, 5.41) is 3.30. The van der Waals surface area contributed by atoms with Crippen molar-refractivity contribution in [3.05, 3.63) is 63.3 Å². The van der Waals surface area contributed by atoms with Crippen molar-refractivity contribution in [1.82, 2.24) is 4.57 Å². The molecule has 0 radical (unpaired) electrons. The van der Waals surface area contributed by atoms with E-state index in [1.54, 1.807) is 29.0 Å². The number of rotatable bonds is 5. The number of halogens is 2. The highest BCUT2D eigenvalue weighted by Crippen LogP contribution is 2.17. The van der Waals surface area contributed by atoms with Gasteiger partial charge >= 0.3 is 0 Å². The Kier molecular flexibility index (Phi) is 4.79. The molecule has 106 valence electrons. The fourth-order valence-electron chi connectivity index (χ4n) is 1.91. The lowest BCUT2D eigenvalue weighted by molar-refractivity contribution is 0.627. The molecule has 0 fully saturated rings. The van der Waals surface area contributed by atoms with E-state index in [0.717, 1.165) is 17.7 Å². The molecule has 0 unspecified atom stereocenters. The van der Waals surface area contributed by atoms with Gasteiger partial charge in [0.1, 0.15) is 5.82 Å². The number of anilines is 1. The number of hydrogen-bond acceptors (Lipinski definition) is 2. The van der Waals surface area contributed by atoms with Crippen LogP contribution in [0.25, 0.3) is 0 Å². The van der Waals surface area contributed by atoms with Crippen molar-refractivity contribution < 1.29 is 4.39 Å². The molecule has 0 atom stereocenters. The van der Waals surface area contributed by atoms with Crippen molar-refractivity contribution in [3.8, 4) is 0 Å². The molecular formula is C15H16ClFN2O. The second kappa shape index (κ2) is 6.57. The monoisotopic (exact) mass is 294 g/mol. The minimum atomic E-state index is -0.424. The van der Waals surface area contributed by atoms with E-state index in [-0.39, 0.29) is 10.6 Å². The van der Waals surface area contributed by atoms with E-state index in [1.165, 1.54) is 12.1 Å². The minimum Gasteiger partial charge on any atom is -0.380 e. The van der Waals surface area contributed by atoms with Crippen molar-refractivity contribution in [2.24, 2.45) is 0 Å².